The maximum atomic E-state index is 12.4. The molecule has 0 unspecified atom stereocenters. The van der Waals surface area contributed by atoms with Gasteiger partial charge in [-0.3, -0.25) is 4.79 Å². The summed E-state index contributed by atoms with van der Waals surface area (Å²) >= 11 is 1.54. The Morgan fingerprint density at radius 3 is 2.73 bits per heavy atom. The minimum absolute atomic E-state index is 0.136. The van der Waals surface area contributed by atoms with Gasteiger partial charge in [0.15, 0.2) is 5.76 Å². The number of carbonyl (C=O) groups is 1. The van der Waals surface area contributed by atoms with Crippen LogP contribution < -0.4 is 5.32 Å². The monoisotopic (exact) mass is 364 g/mol. The average Bonchev–Trinajstić information content (AvgIpc) is 3.32. The third-order valence-corrected chi connectivity index (χ3v) is 4.80. The molecule has 0 bridgehead atoms. The van der Waals surface area contributed by atoms with Gasteiger partial charge in [0.2, 0.25) is 5.76 Å². The van der Waals surface area contributed by atoms with Gasteiger partial charge in [-0.05, 0) is 30.5 Å². The van der Waals surface area contributed by atoms with E-state index in [2.05, 4.69) is 10.5 Å². The van der Waals surface area contributed by atoms with Gasteiger partial charge >= 0.3 is 0 Å². The Kier molecular flexibility index (Phi) is 4.50. The standard InChI is InChI=1S/C20H16N2O3S/c1-26-19-9-5-3-7-15(19)20(23)21-12-14-11-18(25-22-14)17-10-13-6-2-4-8-16(13)24-17/h2-11H,12H2,1H3,(H,21,23). The highest BCUT2D eigenvalue weighted by molar-refractivity contribution is 7.98. The SMILES string of the molecule is CSc1ccccc1C(=O)NCc1cc(-c2cc3ccccc3o2)on1. The molecule has 1 N–H and O–H groups in total. The maximum absolute atomic E-state index is 12.4. The molecule has 0 fully saturated rings. The second-order valence-electron chi connectivity index (χ2n) is 5.71. The summed E-state index contributed by atoms with van der Waals surface area (Å²) in [5, 5.41) is 7.89. The molecule has 0 spiro atoms. The first-order valence-electron chi connectivity index (χ1n) is 8.10. The van der Waals surface area contributed by atoms with Crippen LogP contribution >= 0.6 is 11.8 Å². The average molecular weight is 364 g/mol. The lowest BCUT2D eigenvalue weighted by Gasteiger charge is -2.06. The summed E-state index contributed by atoms with van der Waals surface area (Å²) in [4.78, 5) is 13.3. The summed E-state index contributed by atoms with van der Waals surface area (Å²) in [6.45, 7) is 0.283. The van der Waals surface area contributed by atoms with Crippen LogP contribution in [0.3, 0.4) is 0 Å². The third kappa shape index (κ3) is 3.23. The Morgan fingerprint density at radius 1 is 1.08 bits per heavy atom. The number of aromatic nitrogens is 1. The fourth-order valence-corrected chi connectivity index (χ4v) is 3.31. The van der Waals surface area contributed by atoms with E-state index in [0.29, 0.717) is 22.8 Å². The van der Waals surface area contributed by atoms with Gasteiger partial charge in [-0.2, -0.15) is 0 Å². The Morgan fingerprint density at radius 2 is 1.88 bits per heavy atom. The zero-order chi connectivity index (χ0) is 17.9. The van der Waals surface area contributed by atoms with Crippen molar-refractivity contribution in [3.8, 4) is 11.5 Å². The molecule has 4 aromatic rings. The number of furan rings is 1. The van der Waals surface area contributed by atoms with Crippen molar-refractivity contribution in [1.29, 1.82) is 0 Å². The summed E-state index contributed by atoms with van der Waals surface area (Å²) in [6, 6.07) is 18.9. The fourth-order valence-electron chi connectivity index (χ4n) is 2.71. The van der Waals surface area contributed by atoms with Crippen LogP contribution in [0.1, 0.15) is 16.1 Å². The minimum atomic E-state index is -0.136. The molecule has 1 amide bonds. The Labute approximate surface area is 154 Å². The molecule has 0 aliphatic rings. The van der Waals surface area contributed by atoms with E-state index < -0.39 is 0 Å². The number of benzene rings is 2. The highest BCUT2D eigenvalue weighted by atomic mass is 32.2. The molecule has 6 heteroatoms. The van der Waals surface area contributed by atoms with Crippen LogP contribution in [0.4, 0.5) is 0 Å². The van der Waals surface area contributed by atoms with Crippen LogP contribution in [0.15, 0.2) is 74.5 Å². The molecule has 5 nitrogen and oxygen atoms in total. The molecule has 0 atom stereocenters. The summed E-state index contributed by atoms with van der Waals surface area (Å²) in [5.41, 5.74) is 2.08. The first kappa shape index (κ1) is 16.5. The largest absolute Gasteiger partial charge is 0.453 e. The van der Waals surface area contributed by atoms with E-state index in [4.69, 9.17) is 8.94 Å². The van der Waals surface area contributed by atoms with Gasteiger partial charge < -0.3 is 14.3 Å². The number of hydrogen-bond acceptors (Lipinski definition) is 5. The highest BCUT2D eigenvalue weighted by Gasteiger charge is 2.14. The number of nitrogens with one attached hydrogen (secondary N) is 1. The zero-order valence-electron chi connectivity index (χ0n) is 14.1. The quantitative estimate of drug-likeness (QED) is 0.518. The predicted octanol–water partition coefficient (Wildman–Crippen LogP) is 4.74. The smallest absolute Gasteiger partial charge is 0.252 e. The van der Waals surface area contributed by atoms with Gasteiger partial charge in [0.25, 0.3) is 5.91 Å². The number of amides is 1. The van der Waals surface area contributed by atoms with Gasteiger partial charge in [-0.1, -0.05) is 35.5 Å². The molecule has 2 aromatic carbocycles. The summed E-state index contributed by atoms with van der Waals surface area (Å²) in [7, 11) is 0. The van der Waals surface area contributed by atoms with E-state index in [1.54, 1.807) is 17.8 Å². The molecule has 26 heavy (non-hydrogen) atoms. The van der Waals surface area contributed by atoms with Gasteiger partial charge in [-0.25, -0.2) is 0 Å². The van der Waals surface area contributed by atoms with Crippen LogP contribution in [0.2, 0.25) is 0 Å². The molecule has 4 rings (SSSR count). The number of para-hydroxylation sites is 1. The molecule has 0 aliphatic heterocycles. The summed E-state index contributed by atoms with van der Waals surface area (Å²) in [6.07, 6.45) is 1.95. The number of hydrogen-bond donors (Lipinski definition) is 1. The number of fused-ring (bicyclic) bond motifs is 1. The second kappa shape index (κ2) is 7.09. The lowest BCUT2D eigenvalue weighted by Crippen LogP contribution is -2.23. The normalized spacial score (nSPS) is 11.0. The van der Waals surface area contributed by atoms with E-state index in [-0.39, 0.29) is 12.5 Å². The fraction of sp³-hybridized carbons (Fsp3) is 0.100. The third-order valence-electron chi connectivity index (χ3n) is 4.01. The Hall–Kier alpha value is -2.99. The van der Waals surface area contributed by atoms with Gasteiger partial charge in [0.05, 0.1) is 12.1 Å². The number of carbonyl (C=O) groups excluding carboxylic acids is 1. The van der Waals surface area contributed by atoms with Crippen molar-refractivity contribution in [3.05, 3.63) is 71.9 Å². The van der Waals surface area contributed by atoms with Crippen LogP contribution in [-0.2, 0) is 6.54 Å². The van der Waals surface area contributed by atoms with Gasteiger partial charge in [0.1, 0.15) is 11.3 Å². The van der Waals surface area contributed by atoms with Crippen molar-refractivity contribution >= 4 is 28.6 Å². The van der Waals surface area contributed by atoms with Crippen LogP contribution in [-0.4, -0.2) is 17.3 Å². The summed E-state index contributed by atoms with van der Waals surface area (Å²) < 4.78 is 11.1. The molecule has 0 saturated carbocycles. The van der Waals surface area contributed by atoms with Crippen LogP contribution in [0.5, 0.6) is 0 Å². The molecular weight excluding hydrogens is 348 g/mol. The topological polar surface area (TPSA) is 68.3 Å². The molecule has 2 heterocycles. The summed E-state index contributed by atoms with van der Waals surface area (Å²) in [5.74, 6) is 1.02. The van der Waals surface area contributed by atoms with E-state index in [1.807, 2.05) is 60.9 Å². The first-order valence-corrected chi connectivity index (χ1v) is 9.33. The van der Waals surface area contributed by atoms with Crippen molar-refractivity contribution in [2.75, 3.05) is 6.26 Å². The van der Waals surface area contributed by atoms with Gasteiger partial charge in [0, 0.05) is 16.3 Å². The predicted molar refractivity (Wildman–Crippen MR) is 101 cm³/mol. The van der Waals surface area contributed by atoms with E-state index in [9.17, 15) is 4.79 Å². The highest BCUT2D eigenvalue weighted by Crippen LogP contribution is 2.28. The number of rotatable bonds is 5. The number of nitrogens with zero attached hydrogens (tertiary/aromatic N) is 1. The molecule has 2 aromatic heterocycles. The lowest BCUT2D eigenvalue weighted by molar-refractivity contribution is 0.0947. The number of thioether (sulfide) groups is 1. The molecule has 0 radical (unpaired) electrons. The van der Waals surface area contributed by atoms with Crippen molar-refractivity contribution in [3.63, 3.8) is 0 Å². The van der Waals surface area contributed by atoms with Crippen molar-refractivity contribution in [2.45, 2.75) is 11.4 Å². The van der Waals surface area contributed by atoms with Crippen LogP contribution in [0.25, 0.3) is 22.5 Å². The zero-order valence-corrected chi connectivity index (χ0v) is 14.9. The first-order chi connectivity index (χ1) is 12.7. The molecular formula is C20H16N2O3S. The molecule has 130 valence electrons. The maximum Gasteiger partial charge on any atom is 0.252 e. The van der Waals surface area contributed by atoms with E-state index in [1.165, 1.54) is 0 Å². The minimum Gasteiger partial charge on any atom is -0.453 e. The van der Waals surface area contributed by atoms with Gasteiger partial charge in [-0.15, -0.1) is 11.8 Å². The van der Waals surface area contributed by atoms with E-state index in [0.717, 1.165) is 15.9 Å². The van der Waals surface area contributed by atoms with Crippen molar-refractivity contribution in [1.82, 2.24) is 10.5 Å². The Bertz CT molecular complexity index is 1030. The Balaban J connectivity index is 1.47. The van der Waals surface area contributed by atoms with Crippen molar-refractivity contribution < 1.29 is 13.7 Å². The second-order valence-corrected chi connectivity index (χ2v) is 6.56. The molecule has 0 aliphatic carbocycles. The lowest BCUT2D eigenvalue weighted by atomic mass is 10.2. The molecule has 0 saturated heterocycles. The van der Waals surface area contributed by atoms with E-state index >= 15 is 0 Å². The van der Waals surface area contributed by atoms with Crippen molar-refractivity contribution in [2.24, 2.45) is 0 Å². The van der Waals surface area contributed by atoms with Crippen LogP contribution in [0, 0.1) is 0 Å².